The molecule has 0 bridgehead atoms. The van der Waals surface area contributed by atoms with Crippen molar-refractivity contribution in [3.05, 3.63) is 34.6 Å². The highest BCUT2D eigenvalue weighted by Crippen LogP contribution is 2.39. The second-order valence-electron chi connectivity index (χ2n) is 5.80. The third-order valence-corrected chi connectivity index (χ3v) is 4.87. The van der Waals surface area contributed by atoms with Gasteiger partial charge in [0.15, 0.2) is 5.78 Å². The van der Waals surface area contributed by atoms with E-state index in [2.05, 4.69) is 0 Å². The third-order valence-electron chi connectivity index (χ3n) is 4.48. The molecule has 2 aliphatic heterocycles. The number of halogens is 2. The molecule has 3 nitrogen and oxygen atoms in total. The van der Waals surface area contributed by atoms with Crippen LogP contribution in [0.1, 0.15) is 36.0 Å². The topological polar surface area (TPSA) is 35.5 Å². The van der Waals surface area contributed by atoms with Gasteiger partial charge in [0.1, 0.15) is 5.82 Å². The Morgan fingerprint density at radius 3 is 2.81 bits per heavy atom. The molecule has 1 unspecified atom stereocenters. The summed E-state index contributed by atoms with van der Waals surface area (Å²) >= 11 is 5.94. The molecule has 0 radical (unpaired) electrons. The van der Waals surface area contributed by atoms with Crippen LogP contribution < -0.4 is 0 Å². The molecule has 3 rings (SSSR count). The van der Waals surface area contributed by atoms with Gasteiger partial charge in [0.2, 0.25) is 0 Å². The molecule has 0 saturated carbocycles. The number of Topliss-reactive ketones (excluding diaryl/α,β-unsaturated/α-hetero) is 1. The molecule has 1 aromatic rings. The zero-order chi connectivity index (χ0) is 14.9. The molecule has 0 N–H and O–H groups in total. The SMILES string of the molecule is O=C(c1cccc(F)c1Cl)C1CCOC2(CCOCC2)C1. The molecule has 1 aromatic carbocycles. The monoisotopic (exact) mass is 312 g/mol. The van der Waals surface area contributed by atoms with Crippen LogP contribution in [0.5, 0.6) is 0 Å². The van der Waals surface area contributed by atoms with Gasteiger partial charge in [-0.05, 0) is 37.8 Å². The minimum atomic E-state index is -0.546. The van der Waals surface area contributed by atoms with E-state index in [-0.39, 0.29) is 27.9 Å². The van der Waals surface area contributed by atoms with Crippen molar-refractivity contribution in [1.29, 1.82) is 0 Å². The van der Waals surface area contributed by atoms with Crippen molar-refractivity contribution in [3.63, 3.8) is 0 Å². The van der Waals surface area contributed by atoms with Crippen LogP contribution in [0.2, 0.25) is 5.02 Å². The summed E-state index contributed by atoms with van der Waals surface area (Å²) in [6.07, 6.45) is 2.96. The maximum Gasteiger partial charge on any atom is 0.167 e. The van der Waals surface area contributed by atoms with E-state index in [4.69, 9.17) is 21.1 Å². The van der Waals surface area contributed by atoms with E-state index >= 15 is 0 Å². The first-order valence-corrected chi connectivity index (χ1v) is 7.69. The second kappa shape index (κ2) is 6.03. The summed E-state index contributed by atoms with van der Waals surface area (Å²) in [6, 6.07) is 4.39. The van der Waals surface area contributed by atoms with E-state index in [1.807, 2.05) is 0 Å². The van der Waals surface area contributed by atoms with Crippen molar-refractivity contribution < 1.29 is 18.7 Å². The standard InChI is InChI=1S/C16H18ClFO3/c17-14-12(2-1-3-13(14)18)15(19)11-4-7-21-16(10-11)5-8-20-9-6-16/h1-3,11H,4-10H2. The Morgan fingerprint density at radius 1 is 1.29 bits per heavy atom. The third kappa shape index (κ3) is 2.98. The highest BCUT2D eigenvalue weighted by Gasteiger charge is 2.41. The summed E-state index contributed by atoms with van der Waals surface area (Å²) in [5.74, 6) is -0.778. The molecule has 2 saturated heterocycles. The predicted molar refractivity (Wildman–Crippen MR) is 77.2 cm³/mol. The van der Waals surface area contributed by atoms with Gasteiger partial charge in [-0.1, -0.05) is 17.7 Å². The van der Waals surface area contributed by atoms with Crippen molar-refractivity contribution in [2.45, 2.75) is 31.3 Å². The van der Waals surface area contributed by atoms with Crippen LogP contribution in [0.3, 0.4) is 0 Å². The summed E-state index contributed by atoms with van der Waals surface area (Å²) in [7, 11) is 0. The molecule has 5 heteroatoms. The number of hydrogen-bond donors (Lipinski definition) is 0. The van der Waals surface area contributed by atoms with Gasteiger partial charge in [-0.25, -0.2) is 4.39 Å². The highest BCUT2D eigenvalue weighted by molar-refractivity contribution is 6.34. The second-order valence-corrected chi connectivity index (χ2v) is 6.18. The van der Waals surface area contributed by atoms with Gasteiger partial charge in [-0.3, -0.25) is 4.79 Å². The fraction of sp³-hybridized carbons (Fsp3) is 0.562. The quantitative estimate of drug-likeness (QED) is 0.782. The fourth-order valence-corrected chi connectivity index (χ4v) is 3.48. The van der Waals surface area contributed by atoms with E-state index in [0.29, 0.717) is 32.7 Å². The zero-order valence-electron chi connectivity index (χ0n) is 11.7. The first-order valence-electron chi connectivity index (χ1n) is 7.31. The Bertz CT molecular complexity index is 535. The summed E-state index contributed by atoms with van der Waals surface area (Å²) in [5.41, 5.74) is 0.0298. The molecule has 0 aromatic heterocycles. The smallest absolute Gasteiger partial charge is 0.167 e. The van der Waals surface area contributed by atoms with Crippen LogP contribution in [0.4, 0.5) is 4.39 Å². The molecule has 1 atom stereocenters. The van der Waals surface area contributed by atoms with Crippen LogP contribution >= 0.6 is 11.6 Å². The van der Waals surface area contributed by atoms with Crippen LogP contribution in [0.25, 0.3) is 0 Å². The van der Waals surface area contributed by atoms with Gasteiger partial charge in [-0.15, -0.1) is 0 Å². The summed E-state index contributed by atoms with van der Waals surface area (Å²) < 4.78 is 24.8. The average Bonchev–Trinajstić information content (AvgIpc) is 2.50. The molecule has 2 aliphatic rings. The van der Waals surface area contributed by atoms with E-state index in [9.17, 15) is 9.18 Å². The average molecular weight is 313 g/mol. The number of rotatable bonds is 2. The van der Waals surface area contributed by atoms with Crippen molar-refractivity contribution in [2.75, 3.05) is 19.8 Å². The first-order chi connectivity index (χ1) is 10.1. The molecular weight excluding hydrogens is 295 g/mol. The fourth-order valence-electron chi connectivity index (χ4n) is 3.26. The molecule has 2 heterocycles. The van der Waals surface area contributed by atoms with Crippen molar-refractivity contribution in [3.8, 4) is 0 Å². The molecular formula is C16H18ClFO3. The van der Waals surface area contributed by atoms with Crippen molar-refractivity contribution in [2.24, 2.45) is 5.92 Å². The molecule has 2 fully saturated rings. The Labute approximate surface area is 128 Å². The van der Waals surface area contributed by atoms with Gasteiger partial charge >= 0.3 is 0 Å². The lowest BCUT2D eigenvalue weighted by Crippen LogP contribution is -2.45. The molecule has 114 valence electrons. The highest BCUT2D eigenvalue weighted by atomic mass is 35.5. The van der Waals surface area contributed by atoms with Crippen LogP contribution in [0.15, 0.2) is 18.2 Å². The first kappa shape index (κ1) is 14.9. The van der Waals surface area contributed by atoms with E-state index in [1.54, 1.807) is 6.07 Å². The van der Waals surface area contributed by atoms with Crippen LogP contribution in [-0.2, 0) is 9.47 Å². The minimum absolute atomic E-state index is 0.0741. The molecule has 0 amide bonds. The van der Waals surface area contributed by atoms with Gasteiger partial charge in [-0.2, -0.15) is 0 Å². The minimum Gasteiger partial charge on any atom is -0.381 e. The number of hydrogen-bond acceptors (Lipinski definition) is 3. The Balaban J connectivity index is 1.79. The summed E-state index contributed by atoms with van der Waals surface area (Å²) in [5, 5.41) is -0.0741. The predicted octanol–water partition coefficient (Wildman–Crippen LogP) is 3.64. The van der Waals surface area contributed by atoms with Crippen molar-refractivity contribution in [1.82, 2.24) is 0 Å². The van der Waals surface area contributed by atoms with E-state index in [1.165, 1.54) is 12.1 Å². The van der Waals surface area contributed by atoms with E-state index in [0.717, 1.165) is 12.8 Å². The number of ketones is 1. The lowest BCUT2D eigenvalue weighted by Gasteiger charge is -2.42. The Morgan fingerprint density at radius 2 is 2.05 bits per heavy atom. The van der Waals surface area contributed by atoms with E-state index < -0.39 is 5.82 Å². The van der Waals surface area contributed by atoms with Gasteiger partial charge < -0.3 is 9.47 Å². The van der Waals surface area contributed by atoms with Crippen LogP contribution in [0, 0.1) is 11.7 Å². The zero-order valence-corrected chi connectivity index (χ0v) is 12.5. The number of benzene rings is 1. The maximum absolute atomic E-state index is 13.5. The van der Waals surface area contributed by atoms with Gasteiger partial charge in [0.25, 0.3) is 0 Å². The molecule has 1 spiro atoms. The summed E-state index contributed by atoms with van der Waals surface area (Å²) in [4.78, 5) is 12.7. The Kier molecular flexibility index (Phi) is 4.29. The molecule has 0 aliphatic carbocycles. The summed E-state index contributed by atoms with van der Waals surface area (Å²) in [6.45, 7) is 1.90. The lowest BCUT2D eigenvalue weighted by atomic mass is 9.78. The Hall–Kier alpha value is -0.970. The normalized spacial score (nSPS) is 25.0. The molecule has 21 heavy (non-hydrogen) atoms. The number of carbonyl (C=O) groups is 1. The van der Waals surface area contributed by atoms with Gasteiger partial charge in [0, 0.05) is 31.3 Å². The van der Waals surface area contributed by atoms with Crippen molar-refractivity contribution >= 4 is 17.4 Å². The lowest BCUT2D eigenvalue weighted by molar-refractivity contribution is -0.142. The van der Waals surface area contributed by atoms with Gasteiger partial charge in [0.05, 0.1) is 10.6 Å². The number of carbonyl (C=O) groups excluding carboxylic acids is 1. The van der Waals surface area contributed by atoms with Crippen LogP contribution in [-0.4, -0.2) is 31.2 Å². The number of ether oxygens (including phenoxy) is 2. The maximum atomic E-state index is 13.5. The largest absolute Gasteiger partial charge is 0.381 e.